The highest BCUT2D eigenvalue weighted by molar-refractivity contribution is 7.92. The van der Waals surface area contributed by atoms with Gasteiger partial charge >= 0.3 is 10.2 Å². The number of benzene rings is 2. The van der Waals surface area contributed by atoms with Crippen molar-refractivity contribution >= 4 is 32.6 Å². The van der Waals surface area contributed by atoms with Crippen LogP contribution in [0.15, 0.2) is 24.3 Å². The number of hydrogen-bond acceptors (Lipinski definition) is 6. The number of carbonyl (C=O) groups is 1. The zero-order valence-electron chi connectivity index (χ0n) is 15.4. The van der Waals surface area contributed by atoms with Gasteiger partial charge in [-0.1, -0.05) is 19.9 Å². The third-order valence-electron chi connectivity index (χ3n) is 4.55. The van der Waals surface area contributed by atoms with Crippen LogP contribution in [0.25, 0.3) is 10.8 Å². The molecular weight excluding hydrogens is 391 g/mol. The predicted molar refractivity (Wildman–Crippen MR) is 101 cm³/mol. The van der Waals surface area contributed by atoms with Crippen LogP contribution in [-0.4, -0.2) is 44.3 Å². The maximum Gasteiger partial charge on any atom is 0.326 e. The van der Waals surface area contributed by atoms with E-state index in [1.54, 1.807) is 10.8 Å². The van der Waals surface area contributed by atoms with Gasteiger partial charge in [0.15, 0.2) is 5.82 Å². The number of aromatic hydroxyl groups is 1. The van der Waals surface area contributed by atoms with Crippen molar-refractivity contribution in [2.24, 2.45) is 5.41 Å². The number of ether oxygens (including phenoxy) is 1. The normalized spacial score (nSPS) is 16.4. The molecule has 28 heavy (non-hydrogen) atoms. The first-order valence-corrected chi connectivity index (χ1v) is 10.0. The average molecular weight is 412 g/mol. The Balaban J connectivity index is 1.96. The maximum absolute atomic E-state index is 15.1. The first-order chi connectivity index (χ1) is 13.0. The molecule has 3 rings (SSSR count). The van der Waals surface area contributed by atoms with Gasteiger partial charge in [0.05, 0.1) is 6.61 Å². The number of phenolic OH excluding ortho intramolecular Hbond substituents is 1. The highest BCUT2D eigenvalue weighted by Crippen LogP contribution is 2.39. The molecule has 1 aliphatic rings. The van der Waals surface area contributed by atoms with E-state index in [1.807, 2.05) is 13.8 Å². The highest BCUT2D eigenvalue weighted by atomic mass is 32.2. The second kappa shape index (κ2) is 7.10. The molecule has 0 aromatic heterocycles. The quantitative estimate of drug-likeness (QED) is 0.664. The summed E-state index contributed by atoms with van der Waals surface area (Å²) in [5.41, 5.74) is -0.908. The average Bonchev–Trinajstić information content (AvgIpc) is 2.87. The van der Waals surface area contributed by atoms with E-state index in [0.717, 1.165) is 0 Å². The van der Waals surface area contributed by atoms with Crippen molar-refractivity contribution in [3.05, 3.63) is 30.1 Å². The van der Waals surface area contributed by atoms with Crippen LogP contribution in [0.4, 0.5) is 10.1 Å². The Morgan fingerprint density at radius 3 is 2.64 bits per heavy atom. The fourth-order valence-electron chi connectivity index (χ4n) is 2.80. The molecule has 2 aromatic carbocycles. The van der Waals surface area contributed by atoms with Gasteiger partial charge in [0.25, 0.3) is 5.91 Å². The lowest BCUT2D eigenvalue weighted by Crippen LogP contribution is -2.30. The summed E-state index contributed by atoms with van der Waals surface area (Å²) in [6, 6.07) is 5.77. The Hall–Kier alpha value is -2.59. The first-order valence-electron chi connectivity index (χ1n) is 8.56. The number of halogens is 1. The Kier molecular flexibility index (Phi) is 5.11. The highest BCUT2D eigenvalue weighted by Gasteiger charge is 2.37. The smallest absolute Gasteiger partial charge is 0.326 e. The largest absolute Gasteiger partial charge is 0.506 e. The molecule has 3 N–H and O–H groups in total. The van der Waals surface area contributed by atoms with Gasteiger partial charge in [-0.05, 0) is 35.4 Å². The lowest BCUT2D eigenvalue weighted by Gasteiger charge is -2.21. The summed E-state index contributed by atoms with van der Waals surface area (Å²) in [7, 11) is -4.27. The van der Waals surface area contributed by atoms with Crippen LogP contribution in [0, 0.1) is 11.2 Å². The number of nitrogens with one attached hydrogen (secondary N) is 1. The maximum atomic E-state index is 15.1. The van der Waals surface area contributed by atoms with Crippen LogP contribution >= 0.6 is 0 Å². The summed E-state index contributed by atoms with van der Waals surface area (Å²) >= 11 is 0. The number of aliphatic hydroxyl groups is 1. The zero-order valence-corrected chi connectivity index (χ0v) is 16.2. The number of hydrogen-bond donors (Lipinski definition) is 3. The SMILES string of the molecule is CC(C)(CO)CCOc1ccc2cc(O)c(N3CC(=O)NS3(=O)=O)c(F)c2c1. The molecule has 1 amide bonds. The number of nitrogens with zero attached hydrogens (tertiary/aromatic N) is 1. The van der Waals surface area contributed by atoms with E-state index in [-0.39, 0.29) is 17.4 Å². The van der Waals surface area contributed by atoms with Gasteiger partial charge in [-0.15, -0.1) is 0 Å². The number of anilines is 1. The fraction of sp³-hybridized carbons (Fsp3) is 0.389. The molecule has 0 saturated carbocycles. The molecule has 0 aliphatic carbocycles. The monoisotopic (exact) mass is 412 g/mol. The number of fused-ring (bicyclic) bond motifs is 1. The van der Waals surface area contributed by atoms with Crippen molar-refractivity contribution in [3.63, 3.8) is 0 Å². The van der Waals surface area contributed by atoms with Gasteiger partial charge in [-0.2, -0.15) is 8.42 Å². The molecule has 0 radical (unpaired) electrons. The standard InChI is InChI=1S/C18H21FN2O6S/c1-18(2,10-22)5-6-27-12-4-3-11-7-14(23)17(16(19)13(11)8-12)21-9-15(24)20-28(21,25)26/h3-4,7-8,22-23H,5-6,9-10H2,1-2H3,(H,20,24). The van der Waals surface area contributed by atoms with Gasteiger partial charge in [0.2, 0.25) is 0 Å². The molecule has 2 aromatic rings. The van der Waals surface area contributed by atoms with E-state index in [1.165, 1.54) is 18.2 Å². The summed E-state index contributed by atoms with van der Waals surface area (Å²) < 4.78 is 47.0. The van der Waals surface area contributed by atoms with Crippen molar-refractivity contribution in [2.75, 3.05) is 24.1 Å². The Morgan fingerprint density at radius 1 is 1.32 bits per heavy atom. The Morgan fingerprint density at radius 2 is 2.04 bits per heavy atom. The minimum Gasteiger partial charge on any atom is -0.506 e. The Labute approximate surface area is 161 Å². The zero-order chi connectivity index (χ0) is 20.7. The molecule has 1 aliphatic heterocycles. The topological polar surface area (TPSA) is 116 Å². The van der Waals surface area contributed by atoms with E-state index in [9.17, 15) is 23.4 Å². The second-order valence-electron chi connectivity index (χ2n) is 7.40. The van der Waals surface area contributed by atoms with Gasteiger partial charge in [-0.25, -0.2) is 13.4 Å². The number of carbonyl (C=O) groups excluding carboxylic acids is 1. The van der Waals surface area contributed by atoms with Gasteiger partial charge in [-0.3, -0.25) is 4.79 Å². The van der Waals surface area contributed by atoms with Crippen molar-refractivity contribution in [2.45, 2.75) is 20.3 Å². The second-order valence-corrected chi connectivity index (χ2v) is 8.99. The van der Waals surface area contributed by atoms with E-state index < -0.39 is 39.9 Å². The number of amides is 1. The predicted octanol–water partition coefficient (Wildman–Crippen LogP) is 1.65. The van der Waals surface area contributed by atoms with Crippen molar-refractivity contribution in [3.8, 4) is 11.5 Å². The molecule has 0 spiro atoms. The van der Waals surface area contributed by atoms with Gasteiger partial charge < -0.3 is 14.9 Å². The third-order valence-corrected chi connectivity index (χ3v) is 5.93. The fourth-order valence-corrected chi connectivity index (χ4v) is 3.97. The molecular formula is C18H21FN2O6S. The van der Waals surface area contributed by atoms with Crippen molar-refractivity contribution in [1.29, 1.82) is 0 Å². The van der Waals surface area contributed by atoms with Gasteiger partial charge in [0.1, 0.15) is 23.7 Å². The van der Waals surface area contributed by atoms with Crippen LogP contribution in [0.1, 0.15) is 20.3 Å². The van der Waals surface area contributed by atoms with Crippen LogP contribution in [0.5, 0.6) is 11.5 Å². The van der Waals surface area contributed by atoms with Gasteiger partial charge in [0, 0.05) is 12.0 Å². The van der Waals surface area contributed by atoms with Crippen molar-refractivity contribution in [1.82, 2.24) is 4.72 Å². The molecule has 8 nitrogen and oxygen atoms in total. The molecule has 1 saturated heterocycles. The lowest BCUT2D eigenvalue weighted by atomic mass is 9.91. The molecule has 152 valence electrons. The minimum absolute atomic E-state index is 0.00239. The minimum atomic E-state index is -4.27. The van der Waals surface area contributed by atoms with Crippen LogP contribution in [-0.2, 0) is 15.0 Å². The number of aliphatic hydroxyl groups excluding tert-OH is 1. The molecule has 1 heterocycles. The van der Waals surface area contributed by atoms with Crippen LogP contribution in [0.2, 0.25) is 0 Å². The molecule has 1 fully saturated rings. The first kappa shape index (κ1) is 20.2. The van der Waals surface area contributed by atoms with Crippen LogP contribution < -0.4 is 13.8 Å². The summed E-state index contributed by atoms with van der Waals surface area (Å²) in [6.45, 7) is 3.45. The van der Waals surface area contributed by atoms with Crippen molar-refractivity contribution < 1.29 is 32.6 Å². The van der Waals surface area contributed by atoms with E-state index in [2.05, 4.69) is 0 Å². The number of phenols is 1. The summed E-state index contributed by atoms with van der Waals surface area (Å²) in [4.78, 5) is 11.4. The lowest BCUT2D eigenvalue weighted by molar-refractivity contribution is -0.117. The van der Waals surface area contributed by atoms with Crippen LogP contribution in [0.3, 0.4) is 0 Å². The molecule has 0 atom stereocenters. The number of rotatable bonds is 6. The third kappa shape index (κ3) is 3.83. The van der Waals surface area contributed by atoms with E-state index in [4.69, 9.17) is 4.74 Å². The summed E-state index contributed by atoms with van der Waals surface area (Å²) in [5.74, 6) is -2.03. The summed E-state index contributed by atoms with van der Waals surface area (Å²) in [5, 5.41) is 19.8. The van der Waals surface area contributed by atoms with E-state index >= 15 is 4.39 Å². The molecule has 10 heteroatoms. The summed E-state index contributed by atoms with van der Waals surface area (Å²) in [6.07, 6.45) is 0.574. The molecule has 0 unspecified atom stereocenters. The van der Waals surface area contributed by atoms with E-state index in [0.29, 0.717) is 28.5 Å². The Bertz CT molecular complexity index is 1040. The molecule has 0 bridgehead atoms.